The molecule has 0 aliphatic carbocycles. The normalized spacial score (nSPS) is 14.7. The van der Waals surface area contributed by atoms with E-state index < -0.39 is 164 Å². The maximum absolute atomic E-state index is 14.2. The maximum atomic E-state index is 14.2. The number of carbonyl (C=O) groups excluding carboxylic acids is 14. The first kappa shape index (κ1) is 93.0. The lowest BCUT2D eigenvalue weighted by molar-refractivity contribution is -0.139. The van der Waals surface area contributed by atoms with Gasteiger partial charge in [-0.3, -0.25) is 62.3 Å². The van der Waals surface area contributed by atoms with E-state index in [0.29, 0.717) is 23.1 Å². The first-order valence-electron chi connectivity index (χ1n) is 34.4. The second-order valence-electron chi connectivity index (χ2n) is 29.8. The number of hydrogen-bond acceptors (Lipinski definition) is 17. The number of rotatable bonds is 37. The first-order valence-corrected chi connectivity index (χ1v) is 35.6. The molecule has 0 aliphatic heterocycles. The summed E-state index contributed by atoms with van der Waals surface area (Å²) in [5.41, 5.74) is -10.5. The molecule has 8 atom stereocenters. The standard InChI is InChI=1S/C73H116N14O15S2/c1-24-33-48-34-29-26-27-30-35-50(38-37-48)49(25-2)40-52(81-66(101)102-67(9,10)11)59(94)87-73(22,23)65(100)80-47(8)58(93)86-72(20,21)64(99)79-46(7)57(92)85-71(18,19)63(98)78-45(6)56(91)84-70(16,17)62(97)77-44(5)55(90)83-69(14,15)61(96)76-43(4)54(89)82-68(12,13)60(95)75-42(3)53(88)74-39-32-28-31-36-51(104)41-103/h24-27,29-30,33-35,37-38,42-47,51-52,103-104H,1-2,28,31-32,36,39-41H2,3-23H3,(H,74,88)(H,75,95)(H,76,96)(H,77,97)(H,78,98)(H,79,99)(H,80,100)(H,81,101)(H,82,89)(H,83,90)(H,84,91)(H,85,92)(H,86,93)(H,87,94)/b27-26?,34-29?,35-30?,38-37?,48-33+,50-49-/t42-,43-,44-,45-,46-,47-,51?,52-/m0/s1. The van der Waals surface area contributed by atoms with Crippen LogP contribution in [0.15, 0.2) is 73.8 Å². The third-order valence-corrected chi connectivity index (χ3v) is 17.1. The van der Waals surface area contributed by atoms with Crippen LogP contribution in [0.2, 0.25) is 0 Å². The Morgan fingerprint density at radius 2 is 0.750 bits per heavy atom. The molecule has 0 heterocycles. The van der Waals surface area contributed by atoms with E-state index in [4.69, 9.17) is 4.74 Å². The van der Waals surface area contributed by atoms with Gasteiger partial charge in [-0.05, 0) is 174 Å². The minimum atomic E-state index is -1.73. The average Bonchev–Trinajstić information content (AvgIpc) is 0.837. The molecule has 1 rings (SSSR count). The second kappa shape index (κ2) is 40.9. The van der Waals surface area contributed by atoms with Crippen molar-refractivity contribution in [3.05, 3.63) is 84.3 Å². The van der Waals surface area contributed by atoms with Gasteiger partial charge in [0.1, 0.15) is 81.1 Å². The summed E-state index contributed by atoms with van der Waals surface area (Å²) in [7, 11) is 0. The van der Waals surface area contributed by atoms with Crippen LogP contribution < -0.4 is 84.9 Å². The lowest BCUT2D eigenvalue weighted by atomic mass is 9.99. The molecule has 104 heavy (non-hydrogen) atoms. The van der Waals surface area contributed by atoms with E-state index in [2.05, 4.69) is 113 Å². The molecular formula is C73H116N14O15S2. The molecule has 0 aliphatic rings. The number of allylic oxidation sites excluding steroid dienone is 2. The van der Waals surface area contributed by atoms with Gasteiger partial charge in [-0.2, -0.15) is 25.3 Å². The minimum Gasteiger partial charge on any atom is -0.444 e. The molecule has 1 aromatic rings. The summed E-state index contributed by atoms with van der Waals surface area (Å²) in [5.74, 6) is -9.48. The summed E-state index contributed by atoms with van der Waals surface area (Å²) in [6, 6.07) is 5.93. The second-order valence-corrected chi connectivity index (χ2v) is 30.9. The number of ether oxygens (including phenoxy) is 1. The third-order valence-electron chi connectivity index (χ3n) is 15.9. The van der Waals surface area contributed by atoms with Gasteiger partial charge >= 0.3 is 6.09 Å². The quantitative estimate of drug-likeness (QED) is 0.0333. The number of carbonyl (C=O) groups is 14. The van der Waals surface area contributed by atoms with Gasteiger partial charge in [0, 0.05) is 24.0 Å². The Kier molecular flexibility index (Phi) is 36.6. The Balaban J connectivity index is 2.94. The van der Waals surface area contributed by atoms with Crippen molar-refractivity contribution in [2.75, 3.05) is 12.3 Å². The zero-order chi connectivity index (χ0) is 80.3. The third kappa shape index (κ3) is 32.3. The highest BCUT2D eigenvalue weighted by atomic mass is 32.1. The van der Waals surface area contributed by atoms with Crippen LogP contribution >= 0.6 is 25.3 Å². The van der Waals surface area contributed by atoms with Gasteiger partial charge in [0.2, 0.25) is 76.8 Å². The number of hydrogen-bond donors (Lipinski definition) is 16. The van der Waals surface area contributed by atoms with Crippen molar-refractivity contribution in [2.45, 2.75) is 264 Å². The summed E-state index contributed by atoms with van der Waals surface area (Å²) in [4.78, 5) is 189. The van der Waals surface area contributed by atoms with Crippen molar-refractivity contribution in [1.29, 1.82) is 0 Å². The molecule has 0 saturated heterocycles. The van der Waals surface area contributed by atoms with Crippen LogP contribution in [0.1, 0.15) is 178 Å². The number of alkyl carbamates (subject to hydrolysis) is 1. The van der Waals surface area contributed by atoms with Crippen LogP contribution in [-0.2, 0) is 67.1 Å². The largest absolute Gasteiger partial charge is 0.444 e. The van der Waals surface area contributed by atoms with Crippen LogP contribution in [0, 0.1) is 0 Å². The minimum absolute atomic E-state index is 0.103. The molecule has 0 radical (unpaired) electrons. The van der Waals surface area contributed by atoms with Gasteiger partial charge in [0.25, 0.3) is 0 Å². The summed E-state index contributed by atoms with van der Waals surface area (Å²) < 4.78 is 5.48. The summed E-state index contributed by atoms with van der Waals surface area (Å²) in [6.45, 7) is 37.6. The van der Waals surface area contributed by atoms with Crippen LogP contribution in [0.4, 0.5) is 4.79 Å². The highest BCUT2D eigenvalue weighted by Gasteiger charge is 2.42. The molecule has 0 saturated carbocycles. The molecule has 31 heteroatoms. The monoisotopic (exact) mass is 1490 g/mol. The van der Waals surface area contributed by atoms with E-state index in [9.17, 15) is 67.1 Å². The Bertz CT molecular complexity index is 3510. The van der Waals surface area contributed by atoms with Gasteiger partial charge in [-0.25, -0.2) is 4.79 Å². The Morgan fingerprint density at radius 3 is 1.07 bits per heavy atom. The van der Waals surface area contributed by atoms with Crippen LogP contribution in [0.25, 0.3) is 11.6 Å². The number of amides is 14. The number of nitrogens with one attached hydrogen (secondary N) is 14. The summed E-state index contributed by atoms with van der Waals surface area (Å²) in [6.07, 6.45) is 7.45. The van der Waals surface area contributed by atoms with E-state index in [1.165, 1.54) is 125 Å². The van der Waals surface area contributed by atoms with Gasteiger partial charge in [0.15, 0.2) is 0 Å². The van der Waals surface area contributed by atoms with Crippen molar-refractivity contribution in [2.24, 2.45) is 0 Å². The first-order chi connectivity index (χ1) is 47.7. The average molecular weight is 1490 g/mol. The van der Waals surface area contributed by atoms with E-state index >= 15 is 0 Å². The van der Waals surface area contributed by atoms with Crippen molar-refractivity contribution < 1.29 is 71.9 Å². The van der Waals surface area contributed by atoms with E-state index in [1.807, 2.05) is 36.4 Å². The molecule has 1 unspecified atom stereocenters. The molecule has 0 aromatic heterocycles. The predicted molar refractivity (Wildman–Crippen MR) is 406 cm³/mol. The van der Waals surface area contributed by atoms with Gasteiger partial charge in [-0.15, -0.1) is 0 Å². The van der Waals surface area contributed by atoms with Crippen molar-refractivity contribution in [3.8, 4) is 0 Å². The van der Waals surface area contributed by atoms with E-state index in [1.54, 1.807) is 51.1 Å². The predicted octanol–water partition coefficient (Wildman–Crippen LogP) is 1.70. The van der Waals surface area contributed by atoms with Crippen molar-refractivity contribution >= 4 is 120 Å². The van der Waals surface area contributed by atoms with Crippen molar-refractivity contribution in [3.63, 3.8) is 0 Å². The molecule has 29 nitrogen and oxygen atoms in total. The van der Waals surface area contributed by atoms with Crippen LogP contribution in [0.5, 0.6) is 0 Å². The van der Waals surface area contributed by atoms with E-state index in [-0.39, 0.29) is 11.7 Å². The highest BCUT2D eigenvalue weighted by molar-refractivity contribution is 7.84. The number of unbranched alkanes of at least 4 members (excludes halogenated alkanes) is 2. The summed E-state index contributed by atoms with van der Waals surface area (Å²) in [5, 5.41) is 37.5. The Morgan fingerprint density at radius 1 is 0.423 bits per heavy atom. The van der Waals surface area contributed by atoms with Gasteiger partial charge < -0.3 is 79.2 Å². The fourth-order valence-corrected chi connectivity index (χ4v) is 9.39. The zero-order valence-electron chi connectivity index (χ0n) is 64.4. The fraction of sp³-hybridized carbons (Fsp3) is 0.589. The molecule has 0 fully saturated rings. The van der Waals surface area contributed by atoms with E-state index in [0.717, 1.165) is 30.9 Å². The number of thiol groups is 2. The topological polar surface area (TPSA) is 417 Å². The Labute approximate surface area is 623 Å². The Hall–Kier alpha value is -9.00. The molecular weight excluding hydrogens is 1380 g/mol. The zero-order valence-corrected chi connectivity index (χ0v) is 66.1. The molecule has 0 spiro atoms. The fourth-order valence-electron chi connectivity index (χ4n) is 9.02. The molecule has 580 valence electrons. The molecule has 14 N–H and O–H groups in total. The SMILES string of the molecule is C=C/C=c1\cccccc/c(=C(\C=C)C[C@H](NC(=O)OC(C)(C)C)C(=O)NC(C)(C)C(=O)N[C@@H](C)C(=O)NC(C)(C)C(=O)N[C@@H](C)C(=O)NC(C)(C)C(=O)N[C@@H](C)C(=O)NC(C)(C)C(=O)N[C@@H](C)C(=O)NC(C)(C)C(=O)N[C@@H](C)C(=O)NC(C)(C)C(=O)N[C@@H](C)C(=O)NCCCCCC(S)CS)cc1. The molecule has 14 amide bonds. The van der Waals surface area contributed by atoms with Gasteiger partial charge in [-0.1, -0.05) is 92.8 Å². The van der Waals surface area contributed by atoms with Crippen molar-refractivity contribution in [1.82, 2.24) is 74.4 Å². The highest BCUT2D eigenvalue weighted by Crippen LogP contribution is 2.16. The van der Waals surface area contributed by atoms with Crippen LogP contribution in [0.3, 0.4) is 0 Å². The smallest absolute Gasteiger partial charge is 0.408 e. The van der Waals surface area contributed by atoms with Crippen LogP contribution in [-0.4, -0.2) is 182 Å². The summed E-state index contributed by atoms with van der Waals surface area (Å²) >= 11 is 8.65. The molecule has 0 bridgehead atoms. The van der Waals surface area contributed by atoms with Gasteiger partial charge in [0.05, 0.1) is 0 Å². The molecule has 1 aromatic carbocycles. The lowest BCUT2D eigenvalue weighted by Gasteiger charge is -2.32. The maximum Gasteiger partial charge on any atom is 0.408 e. The lowest BCUT2D eigenvalue weighted by Crippen LogP contribution is -2.65.